The third-order valence-electron chi connectivity index (χ3n) is 3.01. The molecule has 0 atom stereocenters. The van der Waals surface area contributed by atoms with Crippen molar-refractivity contribution in [3.05, 3.63) is 21.1 Å². The zero-order valence-corrected chi connectivity index (χ0v) is 16.1. The fourth-order valence-corrected chi connectivity index (χ4v) is 3.77. The van der Waals surface area contributed by atoms with Crippen LogP contribution < -0.4 is 48.0 Å². The molecule has 2 aliphatic rings. The molecule has 14 heavy (non-hydrogen) atoms. The maximum absolute atomic E-state index is 2.40. The second-order valence-electron chi connectivity index (χ2n) is 3.88. The van der Waals surface area contributed by atoms with Gasteiger partial charge in [0.05, 0.1) is 0 Å². The molecule has 0 aliphatic heterocycles. The van der Waals surface area contributed by atoms with Crippen LogP contribution in [0.1, 0.15) is 38.5 Å². The van der Waals surface area contributed by atoms with Gasteiger partial charge in [0.25, 0.3) is 0 Å². The summed E-state index contributed by atoms with van der Waals surface area (Å²) >= 11 is 1.29. The monoisotopic (exact) mass is 581 g/mol. The normalized spacial score (nSPS) is 21.9. The van der Waals surface area contributed by atoms with Gasteiger partial charge in [0.1, 0.15) is 0 Å². The summed E-state index contributed by atoms with van der Waals surface area (Å²) in [6.07, 6.45) is 13.4. The van der Waals surface area contributed by atoms with Gasteiger partial charge in [0, 0.05) is 0 Å². The topological polar surface area (TPSA) is 0 Å². The summed E-state index contributed by atoms with van der Waals surface area (Å²) in [5, 5.41) is 0. The van der Waals surface area contributed by atoms with Gasteiger partial charge in [-0.05, 0) is 0 Å². The van der Waals surface area contributed by atoms with Crippen LogP contribution >= 0.6 is 0 Å². The molecule has 0 unspecified atom stereocenters. The average molecular weight is 580 g/mol. The Labute approximate surface area is 136 Å². The zero-order valence-electron chi connectivity index (χ0n) is 8.23. The van der Waals surface area contributed by atoms with Crippen molar-refractivity contribution in [2.45, 2.75) is 38.5 Å². The van der Waals surface area contributed by atoms with Gasteiger partial charge in [-0.2, -0.15) is 0 Å². The minimum atomic E-state index is 0. The van der Waals surface area contributed by atoms with E-state index in [0.717, 1.165) is 5.92 Å². The summed E-state index contributed by atoms with van der Waals surface area (Å²) in [7, 11) is 0. The molecule has 0 aromatic heterocycles. The number of halogens is 2. The van der Waals surface area contributed by atoms with Crippen molar-refractivity contribution in [3.8, 4) is 0 Å². The van der Waals surface area contributed by atoms with E-state index in [1.807, 2.05) is 0 Å². The van der Waals surface area contributed by atoms with E-state index in [2.05, 4.69) is 12.2 Å². The van der Waals surface area contributed by atoms with E-state index in [1.165, 1.54) is 62.9 Å². The first kappa shape index (κ1) is 15.8. The molecular formula is C11H15HfI2. The largest absolute Gasteiger partial charge is 1.00 e. The van der Waals surface area contributed by atoms with Gasteiger partial charge in [-0.1, -0.05) is 0 Å². The first-order chi connectivity index (χ1) is 5.88. The molecule has 0 aromatic rings. The van der Waals surface area contributed by atoms with Gasteiger partial charge in [-0.3, -0.25) is 0 Å². The maximum atomic E-state index is 2.40. The standard InChI is InChI=1S/C11H15.Hf.2HI/c1-2-6-10(7-3-1)11-8-4-5-9-11;;;/h4,8,10H,1-3,5-7H2;;2*1H/q;+2;;/p-2. The summed E-state index contributed by atoms with van der Waals surface area (Å²) in [6.45, 7) is 0. The van der Waals surface area contributed by atoms with Crippen molar-refractivity contribution < 1.29 is 72.3 Å². The number of hydrogen-bond donors (Lipinski definition) is 0. The number of rotatable bonds is 1. The zero-order chi connectivity index (χ0) is 8.39. The third-order valence-corrected chi connectivity index (χ3v) is 4.78. The van der Waals surface area contributed by atoms with Crippen molar-refractivity contribution in [1.82, 2.24) is 0 Å². The minimum absolute atomic E-state index is 0. The van der Waals surface area contributed by atoms with Crippen molar-refractivity contribution in [3.63, 3.8) is 0 Å². The summed E-state index contributed by atoms with van der Waals surface area (Å²) < 4.78 is 1.77. The molecular weight excluding hydrogens is 564 g/mol. The van der Waals surface area contributed by atoms with Crippen LogP contribution in [0.25, 0.3) is 0 Å². The van der Waals surface area contributed by atoms with Gasteiger partial charge in [-0.15, -0.1) is 0 Å². The van der Waals surface area contributed by atoms with Gasteiger partial charge in [0.15, 0.2) is 0 Å². The van der Waals surface area contributed by atoms with Gasteiger partial charge in [0.2, 0.25) is 0 Å². The van der Waals surface area contributed by atoms with Gasteiger partial charge in [-0.25, -0.2) is 0 Å². The molecule has 0 saturated heterocycles. The minimum Gasteiger partial charge on any atom is -1.00 e. The van der Waals surface area contributed by atoms with Gasteiger partial charge < -0.3 is 48.0 Å². The summed E-state index contributed by atoms with van der Waals surface area (Å²) in [4.78, 5) is 0. The molecule has 0 amide bonds. The Morgan fingerprint density at radius 3 is 2.21 bits per heavy atom. The molecule has 2 aliphatic carbocycles. The fourth-order valence-electron chi connectivity index (χ4n) is 2.32. The number of allylic oxidation sites excluding steroid dienone is 4. The van der Waals surface area contributed by atoms with E-state index in [1.54, 1.807) is 8.90 Å². The van der Waals surface area contributed by atoms with Crippen molar-refractivity contribution in [2.24, 2.45) is 5.92 Å². The Kier molecular flexibility index (Phi) is 9.02. The molecule has 0 bridgehead atoms. The molecule has 1 saturated carbocycles. The van der Waals surface area contributed by atoms with E-state index in [9.17, 15) is 0 Å². The molecule has 77 valence electrons. The molecule has 1 fully saturated rings. The molecule has 0 spiro atoms. The molecule has 2 rings (SSSR count). The smallest absolute Gasteiger partial charge is 1.00 e. The fraction of sp³-hybridized carbons (Fsp3) is 0.636. The van der Waals surface area contributed by atoms with Crippen LogP contribution in [0.5, 0.6) is 0 Å². The van der Waals surface area contributed by atoms with Crippen LogP contribution in [0.2, 0.25) is 0 Å². The quantitative estimate of drug-likeness (QED) is 0.235. The second kappa shape index (κ2) is 7.98. The van der Waals surface area contributed by atoms with Crippen LogP contribution in [-0.4, -0.2) is 0 Å². The molecule has 3 heteroatoms. The molecule has 0 N–H and O–H groups in total. The average Bonchev–Trinajstić information content (AvgIpc) is 2.53. The summed E-state index contributed by atoms with van der Waals surface area (Å²) in [6, 6.07) is 0. The van der Waals surface area contributed by atoms with E-state index < -0.39 is 0 Å². The van der Waals surface area contributed by atoms with E-state index in [4.69, 9.17) is 0 Å². The Hall–Kier alpha value is 1.81. The van der Waals surface area contributed by atoms with Crippen molar-refractivity contribution in [2.75, 3.05) is 0 Å². The summed E-state index contributed by atoms with van der Waals surface area (Å²) in [5.74, 6) is 0.949. The predicted molar refractivity (Wildman–Crippen MR) is 47.4 cm³/mol. The molecule has 0 nitrogen and oxygen atoms in total. The van der Waals surface area contributed by atoms with Crippen molar-refractivity contribution in [1.29, 1.82) is 0 Å². The maximum Gasteiger partial charge on any atom is -1.00 e. The van der Waals surface area contributed by atoms with Crippen molar-refractivity contribution >= 4 is 0 Å². The van der Waals surface area contributed by atoms with Crippen LogP contribution in [0.3, 0.4) is 0 Å². The second-order valence-corrected chi connectivity index (χ2v) is 6.04. The Morgan fingerprint density at radius 1 is 1.07 bits per heavy atom. The first-order valence-corrected chi connectivity index (χ1v) is 6.79. The molecule has 0 heterocycles. The Balaban J connectivity index is 0.000000845. The van der Waals surface area contributed by atoms with E-state index in [-0.39, 0.29) is 48.0 Å². The number of hydrogen-bond acceptors (Lipinski definition) is 0. The Morgan fingerprint density at radius 2 is 1.71 bits per heavy atom. The summed E-state index contributed by atoms with van der Waals surface area (Å²) in [5.41, 5.74) is 1.74. The molecule has 0 aromatic carbocycles. The van der Waals surface area contributed by atoms with Crippen LogP contribution in [0.15, 0.2) is 21.1 Å². The third kappa shape index (κ3) is 4.00. The molecule has 0 radical (unpaired) electrons. The first-order valence-electron chi connectivity index (χ1n) is 4.99. The predicted octanol–water partition coefficient (Wildman–Crippen LogP) is -2.66. The van der Waals surface area contributed by atoms with E-state index in [0.29, 0.717) is 0 Å². The van der Waals surface area contributed by atoms with Crippen LogP contribution in [0.4, 0.5) is 0 Å². The SMILES string of the molecule is [Hf+2][C]1=C(C2CCCCC2)C=CC1.[I-].[I-]. The Bertz CT molecular complexity index is 227. The van der Waals surface area contributed by atoms with Crippen LogP contribution in [0, 0.1) is 5.92 Å². The van der Waals surface area contributed by atoms with Gasteiger partial charge >= 0.3 is 89.9 Å². The van der Waals surface area contributed by atoms with E-state index >= 15 is 0 Å². The van der Waals surface area contributed by atoms with Crippen LogP contribution in [-0.2, 0) is 24.4 Å².